The van der Waals surface area contributed by atoms with Crippen LogP contribution in [0.5, 0.6) is 0 Å². The zero-order valence-corrected chi connectivity index (χ0v) is 9.43. The van der Waals surface area contributed by atoms with Crippen LogP contribution in [0, 0.1) is 15.9 Å². The average Bonchev–Trinajstić information content (AvgIpc) is 2.80. The Kier molecular flexibility index (Phi) is 3.14. The molecule has 2 rings (SSSR count). The lowest BCUT2D eigenvalue weighted by Crippen LogP contribution is -2.23. The summed E-state index contributed by atoms with van der Waals surface area (Å²) in [7, 11) is 0. The molecule has 1 N–H and O–H groups in total. The molecule has 1 aromatic rings. The van der Waals surface area contributed by atoms with Gasteiger partial charge in [-0.2, -0.15) is 0 Å². The zero-order chi connectivity index (χ0) is 13.3. The van der Waals surface area contributed by atoms with Crippen LogP contribution in [-0.2, 0) is 0 Å². The van der Waals surface area contributed by atoms with Gasteiger partial charge in [0.2, 0.25) is 0 Å². The van der Waals surface area contributed by atoms with Crippen molar-refractivity contribution in [2.24, 2.45) is 0 Å². The first kappa shape index (κ1) is 12.3. The van der Waals surface area contributed by atoms with Gasteiger partial charge in [0.1, 0.15) is 17.1 Å². The third kappa shape index (κ3) is 1.99. The second kappa shape index (κ2) is 4.59. The van der Waals surface area contributed by atoms with Crippen LogP contribution < -0.4 is 4.90 Å². The van der Waals surface area contributed by atoms with E-state index < -0.39 is 22.3 Å². The third-order valence-corrected chi connectivity index (χ3v) is 2.94. The van der Waals surface area contributed by atoms with Gasteiger partial charge in [-0.1, -0.05) is 0 Å². The molecule has 0 aromatic heterocycles. The van der Waals surface area contributed by atoms with E-state index in [9.17, 15) is 19.3 Å². The van der Waals surface area contributed by atoms with Gasteiger partial charge in [-0.3, -0.25) is 10.1 Å². The van der Waals surface area contributed by atoms with Crippen LogP contribution in [0.1, 0.15) is 23.2 Å². The molecule has 1 aliphatic rings. The van der Waals surface area contributed by atoms with Gasteiger partial charge in [0.15, 0.2) is 0 Å². The van der Waals surface area contributed by atoms with E-state index in [1.807, 2.05) is 0 Å². The zero-order valence-electron chi connectivity index (χ0n) is 9.43. The number of carboxylic acid groups (broad SMARTS) is 1. The van der Waals surface area contributed by atoms with Gasteiger partial charge in [-0.05, 0) is 18.9 Å². The molecule has 1 aromatic carbocycles. The highest BCUT2D eigenvalue weighted by Crippen LogP contribution is 2.35. The van der Waals surface area contributed by atoms with Crippen molar-refractivity contribution in [3.05, 3.63) is 33.6 Å². The third-order valence-electron chi connectivity index (χ3n) is 2.94. The Bertz CT molecular complexity index is 512. The molecule has 0 amide bonds. The maximum absolute atomic E-state index is 13.6. The first-order valence-corrected chi connectivity index (χ1v) is 5.47. The molecule has 0 atom stereocenters. The number of nitrogens with zero attached hydrogens (tertiary/aromatic N) is 2. The Morgan fingerprint density at radius 1 is 1.39 bits per heavy atom. The molecule has 0 radical (unpaired) electrons. The highest BCUT2D eigenvalue weighted by molar-refractivity contribution is 5.97. The van der Waals surface area contributed by atoms with Gasteiger partial charge in [0.25, 0.3) is 5.69 Å². The summed E-state index contributed by atoms with van der Waals surface area (Å²) in [5.74, 6) is -2.44. The predicted molar refractivity (Wildman–Crippen MR) is 61.5 cm³/mol. The van der Waals surface area contributed by atoms with Crippen LogP contribution >= 0.6 is 0 Å². The summed E-state index contributed by atoms with van der Waals surface area (Å²) in [5, 5.41) is 20.0. The molecule has 0 unspecified atom stereocenters. The Labute approximate surface area is 102 Å². The van der Waals surface area contributed by atoms with E-state index in [1.165, 1.54) is 0 Å². The van der Waals surface area contributed by atoms with Crippen molar-refractivity contribution in [3.63, 3.8) is 0 Å². The van der Waals surface area contributed by atoms with Crippen LogP contribution in [0.25, 0.3) is 0 Å². The van der Waals surface area contributed by atoms with Crippen LogP contribution in [-0.4, -0.2) is 29.1 Å². The molecule has 18 heavy (non-hydrogen) atoms. The lowest BCUT2D eigenvalue weighted by atomic mass is 10.1. The highest BCUT2D eigenvalue weighted by Gasteiger charge is 2.30. The molecule has 1 fully saturated rings. The average molecular weight is 254 g/mol. The number of rotatable bonds is 3. The molecule has 0 spiro atoms. The summed E-state index contributed by atoms with van der Waals surface area (Å²) < 4.78 is 13.6. The van der Waals surface area contributed by atoms with Crippen LogP contribution in [0.3, 0.4) is 0 Å². The highest BCUT2D eigenvalue weighted by atomic mass is 19.1. The van der Waals surface area contributed by atoms with E-state index in [1.54, 1.807) is 4.90 Å². The van der Waals surface area contributed by atoms with Crippen molar-refractivity contribution in [1.82, 2.24) is 0 Å². The number of hydrogen-bond acceptors (Lipinski definition) is 4. The number of nitro benzene ring substituents is 1. The maximum Gasteiger partial charge on any atom is 0.341 e. The monoisotopic (exact) mass is 254 g/mol. The molecule has 1 aliphatic heterocycles. The van der Waals surface area contributed by atoms with Gasteiger partial charge in [0, 0.05) is 19.2 Å². The topological polar surface area (TPSA) is 83.7 Å². The van der Waals surface area contributed by atoms with E-state index in [2.05, 4.69) is 0 Å². The van der Waals surface area contributed by atoms with Gasteiger partial charge in [0.05, 0.1) is 4.92 Å². The fourth-order valence-corrected chi connectivity index (χ4v) is 2.17. The van der Waals surface area contributed by atoms with Crippen molar-refractivity contribution < 1.29 is 19.2 Å². The number of carbonyl (C=O) groups is 1. The van der Waals surface area contributed by atoms with E-state index in [0.29, 0.717) is 13.1 Å². The molecule has 0 aliphatic carbocycles. The van der Waals surface area contributed by atoms with Crippen molar-refractivity contribution >= 4 is 17.3 Å². The summed E-state index contributed by atoms with van der Waals surface area (Å²) in [6.45, 7) is 1.01. The second-order valence-corrected chi connectivity index (χ2v) is 4.05. The second-order valence-electron chi connectivity index (χ2n) is 4.05. The van der Waals surface area contributed by atoms with Crippen LogP contribution in [0.15, 0.2) is 12.1 Å². The summed E-state index contributed by atoms with van der Waals surface area (Å²) in [4.78, 5) is 22.9. The Hall–Kier alpha value is -2.18. The van der Waals surface area contributed by atoms with Gasteiger partial charge in [-0.25, -0.2) is 9.18 Å². The van der Waals surface area contributed by atoms with Crippen molar-refractivity contribution in [3.8, 4) is 0 Å². The number of halogens is 1. The van der Waals surface area contributed by atoms with E-state index in [4.69, 9.17) is 5.11 Å². The maximum atomic E-state index is 13.6. The summed E-state index contributed by atoms with van der Waals surface area (Å²) in [6.07, 6.45) is 1.62. The fraction of sp³-hybridized carbons (Fsp3) is 0.364. The molecule has 0 bridgehead atoms. The molecule has 96 valence electrons. The summed E-state index contributed by atoms with van der Waals surface area (Å²) >= 11 is 0. The predicted octanol–water partition coefficient (Wildman–Crippen LogP) is 2.03. The Morgan fingerprint density at radius 2 is 2.00 bits per heavy atom. The van der Waals surface area contributed by atoms with Gasteiger partial charge >= 0.3 is 5.97 Å². The van der Waals surface area contributed by atoms with Crippen molar-refractivity contribution in [2.45, 2.75) is 12.8 Å². The Balaban J connectivity index is 2.66. The molecule has 0 saturated carbocycles. The lowest BCUT2D eigenvalue weighted by Gasteiger charge is -2.19. The van der Waals surface area contributed by atoms with E-state index in [-0.39, 0.29) is 11.4 Å². The van der Waals surface area contributed by atoms with Gasteiger partial charge in [-0.15, -0.1) is 0 Å². The summed E-state index contributed by atoms with van der Waals surface area (Å²) in [6, 6.07) is 1.83. The van der Waals surface area contributed by atoms with Crippen molar-refractivity contribution in [1.29, 1.82) is 0 Å². The fourth-order valence-electron chi connectivity index (χ4n) is 2.17. The quantitative estimate of drug-likeness (QED) is 0.659. The molecule has 6 nitrogen and oxygen atoms in total. The van der Waals surface area contributed by atoms with E-state index >= 15 is 0 Å². The van der Waals surface area contributed by atoms with E-state index in [0.717, 1.165) is 25.0 Å². The lowest BCUT2D eigenvalue weighted by molar-refractivity contribution is -0.384. The SMILES string of the molecule is O=C(O)c1c(F)ccc([N+](=O)[O-])c1N1CCCC1. The number of carboxylic acids is 1. The van der Waals surface area contributed by atoms with Crippen molar-refractivity contribution in [2.75, 3.05) is 18.0 Å². The Morgan fingerprint density at radius 3 is 2.50 bits per heavy atom. The first-order chi connectivity index (χ1) is 8.52. The molecular weight excluding hydrogens is 243 g/mol. The minimum atomic E-state index is -1.49. The molecule has 7 heteroatoms. The smallest absolute Gasteiger partial charge is 0.341 e. The minimum absolute atomic E-state index is 0.120. The van der Waals surface area contributed by atoms with Gasteiger partial charge < -0.3 is 10.0 Å². The number of nitro groups is 1. The molecule has 1 heterocycles. The number of benzene rings is 1. The largest absolute Gasteiger partial charge is 0.478 e. The first-order valence-electron chi connectivity index (χ1n) is 5.47. The molecule has 1 saturated heterocycles. The van der Waals surface area contributed by atoms with Crippen LogP contribution in [0.4, 0.5) is 15.8 Å². The number of hydrogen-bond donors (Lipinski definition) is 1. The number of anilines is 1. The van der Waals surface area contributed by atoms with Crippen LogP contribution in [0.2, 0.25) is 0 Å². The standard InChI is InChI=1S/C11H11FN2O4/c12-7-3-4-8(14(17)18)10(9(7)11(15)16)13-5-1-2-6-13/h3-4H,1-2,5-6H2,(H,15,16). The normalized spacial score (nSPS) is 14.8. The minimum Gasteiger partial charge on any atom is -0.478 e. The summed E-state index contributed by atoms with van der Waals surface area (Å²) in [5.41, 5.74) is -1.10. The molecular formula is C11H11FN2O4. The number of aromatic carboxylic acids is 1.